The van der Waals surface area contributed by atoms with Crippen molar-refractivity contribution in [3.63, 3.8) is 0 Å². The molecule has 4 rings (SSSR count). The van der Waals surface area contributed by atoms with Crippen LogP contribution < -0.4 is 5.56 Å². The van der Waals surface area contributed by atoms with E-state index in [-0.39, 0.29) is 17.1 Å². The van der Waals surface area contributed by atoms with Gasteiger partial charge in [-0.2, -0.15) is 8.78 Å². The fourth-order valence-electron chi connectivity index (χ4n) is 3.38. The van der Waals surface area contributed by atoms with Gasteiger partial charge in [0.25, 0.3) is 5.56 Å². The van der Waals surface area contributed by atoms with Gasteiger partial charge in [-0.15, -0.1) is 17.9 Å². The van der Waals surface area contributed by atoms with Crippen molar-refractivity contribution in [2.75, 3.05) is 0 Å². The number of nitrogens with zero attached hydrogens (tertiary/aromatic N) is 4. The van der Waals surface area contributed by atoms with Crippen molar-refractivity contribution in [2.24, 2.45) is 0 Å². The molecule has 0 fully saturated rings. The van der Waals surface area contributed by atoms with Gasteiger partial charge in [-0.25, -0.2) is 9.97 Å². The summed E-state index contributed by atoms with van der Waals surface area (Å²) in [5, 5.41) is 1.23. The molecule has 0 atom stereocenters. The third-order valence-electron chi connectivity index (χ3n) is 4.64. The third-order valence-corrected chi connectivity index (χ3v) is 6.80. The average Bonchev–Trinajstić information content (AvgIpc) is 3.26. The Morgan fingerprint density at radius 3 is 2.96 bits per heavy atom. The predicted molar refractivity (Wildman–Crippen MR) is 104 cm³/mol. The first-order valence-electron chi connectivity index (χ1n) is 8.68. The maximum atomic E-state index is 13.1. The van der Waals surface area contributed by atoms with Crippen molar-refractivity contribution in [1.82, 2.24) is 19.1 Å². The second-order valence-corrected chi connectivity index (χ2v) is 8.33. The van der Waals surface area contributed by atoms with E-state index in [0.717, 1.165) is 46.0 Å². The molecule has 3 aromatic rings. The number of hydrogen-bond donors (Lipinski definition) is 0. The molecule has 9 heteroatoms. The molecule has 0 aliphatic heterocycles. The third kappa shape index (κ3) is 3.34. The Bertz CT molecular complexity index is 1050. The Morgan fingerprint density at radius 2 is 2.19 bits per heavy atom. The van der Waals surface area contributed by atoms with Crippen molar-refractivity contribution >= 4 is 33.3 Å². The molecule has 0 saturated carbocycles. The van der Waals surface area contributed by atoms with Gasteiger partial charge < -0.3 is 0 Å². The van der Waals surface area contributed by atoms with E-state index in [2.05, 4.69) is 11.6 Å². The SMILES string of the molecule is C=CCn1c(SCc2nccn2C(F)F)nc2sc3c(c2c1=O)CCCC3. The van der Waals surface area contributed by atoms with Gasteiger partial charge in [0, 0.05) is 23.8 Å². The molecule has 27 heavy (non-hydrogen) atoms. The zero-order valence-corrected chi connectivity index (χ0v) is 16.2. The molecule has 142 valence electrons. The summed E-state index contributed by atoms with van der Waals surface area (Å²) < 4.78 is 28.4. The Morgan fingerprint density at radius 1 is 1.37 bits per heavy atom. The Labute approximate surface area is 162 Å². The number of alkyl halides is 2. The van der Waals surface area contributed by atoms with Gasteiger partial charge >= 0.3 is 6.55 Å². The molecule has 0 bridgehead atoms. The summed E-state index contributed by atoms with van der Waals surface area (Å²) in [6.45, 7) is 1.42. The highest BCUT2D eigenvalue weighted by atomic mass is 32.2. The number of aryl methyl sites for hydroxylation is 2. The number of allylic oxidation sites excluding steroid dienone is 1. The smallest absolute Gasteiger partial charge is 0.283 e. The molecule has 0 radical (unpaired) electrons. The van der Waals surface area contributed by atoms with Gasteiger partial charge in [-0.3, -0.25) is 13.9 Å². The van der Waals surface area contributed by atoms with E-state index >= 15 is 0 Å². The predicted octanol–water partition coefficient (Wildman–Crippen LogP) is 4.41. The molecule has 0 spiro atoms. The molecule has 5 nitrogen and oxygen atoms in total. The summed E-state index contributed by atoms with van der Waals surface area (Å²) in [6.07, 6.45) is 8.39. The second-order valence-electron chi connectivity index (χ2n) is 6.31. The number of imidazole rings is 1. The summed E-state index contributed by atoms with van der Waals surface area (Å²) >= 11 is 2.83. The molecule has 0 unspecified atom stereocenters. The van der Waals surface area contributed by atoms with Crippen molar-refractivity contribution in [3.05, 3.63) is 51.7 Å². The highest BCUT2D eigenvalue weighted by molar-refractivity contribution is 7.98. The lowest BCUT2D eigenvalue weighted by Crippen LogP contribution is -2.23. The molecule has 3 aromatic heterocycles. The lowest BCUT2D eigenvalue weighted by Gasteiger charge is -2.12. The average molecular weight is 408 g/mol. The zero-order chi connectivity index (χ0) is 19.0. The number of rotatable bonds is 6. The van der Waals surface area contributed by atoms with Crippen LogP contribution in [-0.2, 0) is 25.1 Å². The number of hydrogen-bond acceptors (Lipinski definition) is 5. The van der Waals surface area contributed by atoms with E-state index < -0.39 is 6.55 Å². The van der Waals surface area contributed by atoms with Crippen LogP contribution in [0.25, 0.3) is 10.2 Å². The van der Waals surface area contributed by atoms with Crippen molar-refractivity contribution in [1.29, 1.82) is 0 Å². The van der Waals surface area contributed by atoms with Gasteiger partial charge in [-0.1, -0.05) is 17.8 Å². The van der Waals surface area contributed by atoms with Crippen LogP contribution in [0.4, 0.5) is 8.78 Å². The quantitative estimate of drug-likeness (QED) is 0.344. The summed E-state index contributed by atoms with van der Waals surface area (Å²) in [4.78, 5) is 23.8. The molecule has 3 heterocycles. The summed E-state index contributed by atoms with van der Waals surface area (Å²) in [5.41, 5.74) is 1.07. The number of aromatic nitrogens is 4. The summed E-state index contributed by atoms with van der Waals surface area (Å²) in [5.74, 6) is 0.456. The first kappa shape index (κ1) is 18.4. The molecular weight excluding hydrogens is 390 g/mol. The number of thiophene rings is 1. The highest BCUT2D eigenvalue weighted by Gasteiger charge is 2.22. The molecule has 0 saturated heterocycles. The largest absolute Gasteiger partial charge is 0.319 e. The molecule has 0 N–H and O–H groups in total. The van der Waals surface area contributed by atoms with Crippen LogP contribution in [0.5, 0.6) is 0 Å². The van der Waals surface area contributed by atoms with E-state index in [9.17, 15) is 13.6 Å². The molecular formula is C18H18F2N4OS2. The molecule has 0 amide bonds. The molecule has 1 aliphatic rings. The van der Waals surface area contributed by atoms with Crippen molar-refractivity contribution in [2.45, 2.75) is 49.7 Å². The van der Waals surface area contributed by atoms with Crippen LogP contribution in [0.1, 0.15) is 35.7 Å². The minimum atomic E-state index is -2.64. The van der Waals surface area contributed by atoms with E-state index in [1.165, 1.54) is 29.0 Å². The van der Waals surface area contributed by atoms with Crippen LogP contribution in [0.3, 0.4) is 0 Å². The summed E-state index contributed by atoms with van der Waals surface area (Å²) in [7, 11) is 0. The number of halogens is 2. The number of thioether (sulfide) groups is 1. The minimum Gasteiger partial charge on any atom is -0.283 e. The highest BCUT2D eigenvalue weighted by Crippen LogP contribution is 2.35. The first-order chi connectivity index (χ1) is 13.1. The van der Waals surface area contributed by atoms with Crippen LogP contribution in [0.15, 0.2) is 35.0 Å². The van der Waals surface area contributed by atoms with E-state index in [1.807, 2.05) is 0 Å². The normalized spacial score (nSPS) is 14.0. The number of fused-ring (bicyclic) bond motifs is 3. The monoisotopic (exact) mass is 408 g/mol. The minimum absolute atomic E-state index is 0.0704. The Hall–Kier alpha value is -2.00. The molecule has 1 aliphatic carbocycles. The lowest BCUT2D eigenvalue weighted by molar-refractivity contribution is 0.0678. The van der Waals surface area contributed by atoms with Crippen LogP contribution >= 0.6 is 23.1 Å². The fraction of sp³-hybridized carbons (Fsp3) is 0.389. The van der Waals surface area contributed by atoms with E-state index in [1.54, 1.807) is 22.0 Å². The van der Waals surface area contributed by atoms with Crippen LogP contribution in [0.2, 0.25) is 0 Å². The first-order valence-corrected chi connectivity index (χ1v) is 10.5. The maximum absolute atomic E-state index is 13.1. The van der Waals surface area contributed by atoms with E-state index in [0.29, 0.717) is 11.7 Å². The van der Waals surface area contributed by atoms with E-state index in [4.69, 9.17) is 4.98 Å². The topological polar surface area (TPSA) is 52.7 Å². The van der Waals surface area contributed by atoms with Gasteiger partial charge in [0.05, 0.1) is 11.1 Å². The maximum Gasteiger partial charge on any atom is 0.319 e. The van der Waals surface area contributed by atoms with Gasteiger partial charge in [-0.05, 0) is 31.2 Å². The standard InChI is InChI=1S/C18H18F2N4OS2/c1-2-8-24-16(25)14-11-5-3-4-6-12(11)27-15(14)22-18(24)26-10-13-21-7-9-23(13)17(19)20/h2,7,9,17H,1,3-6,8,10H2. The van der Waals surface area contributed by atoms with Gasteiger partial charge in [0.15, 0.2) is 5.16 Å². The Balaban J connectivity index is 1.75. The lowest BCUT2D eigenvalue weighted by atomic mass is 9.97. The van der Waals surface area contributed by atoms with Crippen LogP contribution in [0, 0.1) is 0 Å². The fourth-order valence-corrected chi connectivity index (χ4v) is 5.64. The Kier molecular flexibility index (Phi) is 5.14. The van der Waals surface area contributed by atoms with Gasteiger partial charge in [0.2, 0.25) is 0 Å². The van der Waals surface area contributed by atoms with Gasteiger partial charge in [0.1, 0.15) is 10.7 Å². The second kappa shape index (κ2) is 7.55. The summed E-state index contributed by atoms with van der Waals surface area (Å²) in [6, 6.07) is 0. The van der Waals surface area contributed by atoms with Crippen molar-refractivity contribution < 1.29 is 8.78 Å². The van der Waals surface area contributed by atoms with Crippen molar-refractivity contribution in [3.8, 4) is 0 Å². The zero-order valence-electron chi connectivity index (χ0n) is 14.5. The molecule has 0 aromatic carbocycles. The van der Waals surface area contributed by atoms with Crippen LogP contribution in [-0.4, -0.2) is 19.1 Å².